The Balaban J connectivity index is 0.00000364. The first-order valence-electron chi connectivity index (χ1n) is 9.70. The molecule has 6 nitrogen and oxygen atoms in total. The van der Waals surface area contributed by atoms with E-state index in [1.807, 2.05) is 19.1 Å². The Kier molecular flexibility index (Phi) is 12.2. The minimum Gasteiger partial charge on any atom is -0.493 e. The highest BCUT2D eigenvalue weighted by Gasteiger charge is 2.20. The summed E-state index contributed by atoms with van der Waals surface area (Å²) in [4.78, 5) is 4.70. The van der Waals surface area contributed by atoms with Crippen LogP contribution >= 0.6 is 24.0 Å². The lowest BCUT2D eigenvalue weighted by Crippen LogP contribution is -2.39. The van der Waals surface area contributed by atoms with Crippen LogP contribution in [-0.2, 0) is 11.3 Å². The number of halogens is 1. The van der Waals surface area contributed by atoms with E-state index < -0.39 is 0 Å². The van der Waals surface area contributed by atoms with Crippen LogP contribution in [-0.4, -0.2) is 45.5 Å². The fourth-order valence-corrected chi connectivity index (χ4v) is 3.05. The molecule has 1 fully saturated rings. The van der Waals surface area contributed by atoms with Gasteiger partial charge in [-0.25, -0.2) is 4.99 Å². The van der Waals surface area contributed by atoms with Crippen LogP contribution < -0.4 is 20.1 Å². The zero-order valence-corrected chi connectivity index (χ0v) is 19.1. The van der Waals surface area contributed by atoms with E-state index in [1.54, 1.807) is 7.11 Å². The zero-order chi connectivity index (χ0) is 18.6. The van der Waals surface area contributed by atoms with Crippen LogP contribution in [0.2, 0.25) is 0 Å². The Morgan fingerprint density at radius 3 is 2.63 bits per heavy atom. The fraction of sp³-hybridized carbons (Fsp3) is 0.650. The number of nitrogens with one attached hydrogen (secondary N) is 2. The number of rotatable bonds is 10. The first-order chi connectivity index (χ1) is 12.8. The maximum atomic E-state index is 6.28. The molecule has 0 aromatic heterocycles. The first kappa shape index (κ1) is 23.8. The summed E-state index contributed by atoms with van der Waals surface area (Å²) in [6.07, 6.45) is 4.99. The highest BCUT2D eigenvalue weighted by Crippen LogP contribution is 2.35. The number of ether oxygens (including phenoxy) is 3. The number of benzene rings is 1. The summed E-state index contributed by atoms with van der Waals surface area (Å²) >= 11 is 0. The van der Waals surface area contributed by atoms with Crippen molar-refractivity contribution in [2.24, 2.45) is 4.99 Å². The molecule has 2 rings (SSSR count). The largest absolute Gasteiger partial charge is 0.493 e. The molecule has 1 aliphatic rings. The third-order valence-electron chi connectivity index (χ3n) is 4.36. The van der Waals surface area contributed by atoms with Crippen molar-refractivity contribution < 1.29 is 14.2 Å². The van der Waals surface area contributed by atoms with Crippen molar-refractivity contribution in [2.75, 3.05) is 33.4 Å². The first-order valence-corrected chi connectivity index (χ1v) is 9.70. The van der Waals surface area contributed by atoms with Gasteiger partial charge in [0, 0.05) is 25.3 Å². The lowest BCUT2D eigenvalue weighted by Gasteiger charge is -2.19. The SMILES string of the molecule is CCNC(=NCc1cccc(OC)c1OC1CCCC1)NCCOCC.I. The van der Waals surface area contributed by atoms with Crippen molar-refractivity contribution in [3.63, 3.8) is 0 Å². The summed E-state index contributed by atoms with van der Waals surface area (Å²) in [5, 5.41) is 6.55. The normalized spacial score (nSPS) is 14.6. The van der Waals surface area contributed by atoms with Gasteiger partial charge in [-0.3, -0.25) is 0 Å². The summed E-state index contributed by atoms with van der Waals surface area (Å²) in [5.41, 5.74) is 1.04. The highest BCUT2D eigenvalue weighted by atomic mass is 127. The van der Waals surface area contributed by atoms with Crippen LogP contribution in [0.25, 0.3) is 0 Å². The van der Waals surface area contributed by atoms with Gasteiger partial charge in [0.1, 0.15) is 0 Å². The van der Waals surface area contributed by atoms with Crippen LogP contribution in [0.3, 0.4) is 0 Å². The van der Waals surface area contributed by atoms with E-state index in [2.05, 4.69) is 23.6 Å². The second-order valence-corrected chi connectivity index (χ2v) is 6.29. The molecule has 0 unspecified atom stereocenters. The molecule has 27 heavy (non-hydrogen) atoms. The Hall–Kier alpha value is -1.22. The Morgan fingerprint density at radius 1 is 1.19 bits per heavy atom. The molecule has 2 N–H and O–H groups in total. The summed E-state index contributed by atoms with van der Waals surface area (Å²) < 4.78 is 17.2. The molecule has 7 heteroatoms. The standard InChI is InChI=1S/C20H33N3O3.HI/c1-4-21-20(22-13-14-25-5-2)23-15-16-9-8-12-18(24-3)19(16)26-17-10-6-7-11-17;/h8-9,12,17H,4-7,10-11,13-15H2,1-3H3,(H2,21,22,23);1H. The van der Waals surface area contributed by atoms with Gasteiger partial charge in [-0.1, -0.05) is 12.1 Å². The molecule has 0 atom stereocenters. The lowest BCUT2D eigenvalue weighted by atomic mass is 10.1. The van der Waals surface area contributed by atoms with E-state index in [1.165, 1.54) is 12.8 Å². The van der Waals surface area contributed by atoms with Crippen LogP contribution in [0.4, 0.5) is 0 Å². The van der Waals surface area contributed by atoms with E-state index in [0.717, 1.165) is 55.6 Å². The van der Waals surface area contributed by atoms with Crippen molar-refractivity contribution in [3.8, 4) is 11.5 Å². The second kappa shape index (κ2) is 13.9. The number of aliphatic imine (C=N–C) groups is 1. The van der Waals surface area contributed by atoms with Crippen LogP contribution in [0, 0.1) is 0 Å². The number of hydrogen-bond acceptors (Lipinski definition) is 4. The maximum absolute atomic E-state index is 6.28. The van der Waals surface area contributed by atoms with Gasteiger partial charge in [0.05, 0.1) is 26.4 Å². The number of nitrogens with zero attached hydrogens (tertiary/aromatic N) is 1. The molecule has 1 aliphatic carbocycles. The molecular formula is C20H34IN3O3. The van der Waals surface area contributed by atoms with E-state index in [0.29, 0.717) is 13.2 Å². The Morgan fingerprint density at radius 2 is 1.96 bits per heavy atom. The molecule has 0 heterocycles. The highest BCUT2D eigenvalue weighted by molar-refractivity contribution is 14.0. The average Bonchev–Trinajstić information content (AvgIpc) is 3.17. The second-order valence-electron chi connectivity index (χ2n) is 6.29. The Bertz CT molecular complexity index is 563. The topological polar surface area (TPSA) is 64.1 Å². The number of guanidine groups is 1. The molecule has 0 radical (unpaired) electrons. The molecule has 0 amide bonds. The average molecular weight is 491 g/mol. The molecule has 0 saturated heterocycles. The van der Waals surface area contributed by atoms with Gasteiger partial charge in [0.2, 0.25) is 0 Å². The minimum absolute atomic E-state index is 0. The zero-order valence-electron chi connectivity index (χ0n) is 16.8. The lowest BCUT2D eigenvalue weighted by molar-refractivity contribution is 0.152. The fourth-order valence-electron chi connectivity index (χ4n) is 3.05. The van der Waals surface area contributed by atoms with Crippen molar-refractivity contribution in [3.05, 3.63) is 23.8 Å². The summed E-state index contributed by atoms with van der Waals surface area (Å²) in [5.74, 6) is 2.39. The molecule has 0 bridgehead atoms. The van der Waals surface area contributed by atoms with Gasteiger partial charge in [-0.05, 0) is 45.6 Å². The third-order valence-corrected chi connectivity index (χ3v) is 4.36. The van der Waals surface area contributed by atoms with Gasteiger partial charge in [0.15, 0.2) is 17.5 Å². The predicted octanol–water partition coefficient (Wildman–Crippen LogP) is 3.73. The van der Waals surface area contributed by atoms with Crippen LogP contribution in [0.1, 0.15) is 45.1 Å². The number of methoxy groups -OCH3 is 1. The smallest absolute Gasteiger partial charge is 0.191 e. The van der Waals surface area contributed by atoms with Crippen molar-refractivity contribution in [2.45, 2.75) is 52.2 Å². The van der Waals surface area contributed by atoms with Gasteiger partial charge in [-0.2, -0.15) is 0 Å². The van der Waals surface area contributed by atoms with Crippen molar-refractivity contribution in [1.82, 2.24) is 10.6 Å². The minimum atomic E-state index is 0. The van der Waals surface area contributed by atoms with E-state index in [4.69, 9.17) is 19.2 Å². The van der Waals surface area contributed by atoms with Crippen LogP contribution in [0.15, 0.2) is 23.2 Å². The summed E-state index contributed by atoms with van der Waals surface area (Å²) in [6.45, 7) is 7.50. The number of hydrogen-bond donors (Lipinski definition) is 2. The molecule has 154 valence electrons. The van der Waals surface area contributed by atoms with Crippen molar-refractivity contribution >= 4 is 29.9 Å². The van der Waals surface area contributed by atoms with Gasteiger partial charge >= 0.3 is 0 Å². The Labute approximate surface area is 180 Å². The van der Waals surface area contributed by atoms with Crippen molar-refractivity contribution in [1.29, 1.82) is 0 Å². The summed E-state index contributed by atoms with van der Waals surface area (Å²) in [6, 6.07) is 5.99. The summed E-state index contributed by atoms with van der Waals surface area (Å²) in [7, 11) is 1.68. The predicted molar refractivity (Wildman–Crippen MR) is 121 cm³/mol. The van der Waals surface area contributed by atoms with Crippen LogP contribution in [0.5, 0.6) is 11.5 Å². The molecule has 1 aromatic rings. The molecule has 0 spiro atoms. The van der Waals surface area contributed by atoms with Gasteiger partial charge in [0.25, 0.3) is 0 Å². The van der Waals surface area contributed by atoms with E-state index in [9.17, 15) is 0 Å². The quantitative estimate of drug-likeness (QED) is 0.226. The van der Waals surface area contributed by atoms with E-state index in [-0.39, 0.29) is 30.1 Å². The molecule has 1 saturated carbocycles. The molecular weight excluding hydrogens is 457 g/mol. The van der Waals surface area contributed by atoms with Gasteiger partial charge < -0.3 is 24.8 Å². The number of para-hydroxylation sites is 1. The maximum Gasteiger partial charge on any atom is 0.191 e. The third kappa shape index (κ3) is 8.13. The monoisotopic (exact) mass is 491 g/mol. The molecule has 1 aromatic carbocycles. The van der Waals surface area contributed by atoms with Gasteiger partial charge in [-0.15, -0.1) is 24.0 Å². The molecule has 0 aliphatic heterocycles. The van der Waals surface area contributed by atoms with E-state index >= 15 is 0 Å².